The summed E-state index contributed by atoms with van der Waals surface area (Å²) in [6, 6.07) is 0. The SMILES string of the molecule is SCC1=CSC(CC2SC=C(CS)S2)S1. The smallest absolute Gasteiger partial charge is 0.0607 e. The van der Waals surface area contributed by atoms with E-state index in [1.165, 1.54) is 16.2 Å². The van der Waals surface area contributed by atoms with Gasteiger partial charge in [0.15, 0.2) is 0 Å². The number of hydrogen-bond donors (Lipinski definition) is 2. The molecule has 0 aromatic heterocycles. The van der Waals surface area contributed by atoms with Crippen LogP contribution in [0.5, 0.6) is 0 Å². The largest absolute Gasteiger partial charge is 0.174 e. The van der Waals surface area contributed by atoms with Gasteiger partial charge in [-0.3, -0.25) is 0 Å². The molecule has 0 saturated heterocycles. The molecular weight excluding hydrogens is 301 g/mol. The molecule has 2 rings (SSSR count). The summed E-state index contributed by atoms with van der Waals surface area (Å²) in [6.45, 7) is 0. The molecule has 0 aromatic carbocycles. The minimum atomic E-state index is 0.699. The van der Waals surface area contributed by atoms with Crippen molar-refractivity contribution in [3.05, 3.63) is 20.6 Å². The standard InChI is InChI=1S/C9H12S6/c10-2-6-4-12-8(14-6)1-9-13-5-7(3-11)15-9/h4-5,8-11H,1-3H2. The molecule has 0 N–H and O–H groups in total. The molecule has 15 heavy (non-hydrogen) atoms. The molecule has 0 bridgehead atoms. The van der Waals surface area contributed by atoms with Gasteiger partial charge in [0, 0.05) is 21.3 Å². The predicted molar refractivity (Wildman–Crippen MR) is 86.4 cm³/mol. The van der Waals surface area contributed by atoms with Gasteiger partial charge in [-0.05, 0) is 17.2 Å². The second-order valence-electron chi connectivity index (χ2n) is 3.09. The van der Waals surface area contributed by atoms with Crippen LogP contribution in [0.3, 0.4) is 0 Å². The fraction of sp³-hybridized carbons (Fsp3) is 0.556. The van der Waals surface area contributed by atoms with Crippen LogP contribution in [0.4, 0.5) is 0 Å². The third-order valence-corrected chi connectivity index (χ3v) is 8.49. The van der Waals surface area contributed by atoms with Gasteiger partial charge in [0.25, 0.3) is 0 Å². The van der Waals surface area contributed by atoms with Crippen LogP contribution in [0, 0.1) is 0 Å². The molecule has 84 valence electrons. The Morgan fingerprint density at radius 3 is 1.73 bits per heavy atom. The van der Waals surface area contributed by atoms with Crippen molar-refractivity contribution >= 4 is 72.3 Å². The predicted octanol–water partition coefficient (Wildman–Crippen LogP) is 4.53. The molecule has 0 fully saturated rings. The van der Waals surface area contributed by atoms with Gasteiger partial charge in [0.2, 0.25) is 0 Å². The maximum Gasteiger partial charge on any atom is 0.0607 e. The third-order valence-electron chi connectivity index (χ3n) is 1.96. The number of hydrogen-bond acceptors (Lipinski definition) is 6. The average Bonchev–Trinajstić information content (AvgIpc) is 2.87. The first-order valence-electron chi connectivity index (χ1n) is 4.56. The van der Waals surface area contributed by atoms with Crippen molar-refractivity contribution in [2.24, 2.45) is 0 Å². The van der Waals surface area contributed by atoms with Crippen molar-refractivity contribution < 1.29 is 0 Å². The molecule has 0 aromatic rings. The zero-order chi connectivity index (χ0) is 10.7. The van der Waals surface area contributed by atoms with Crippen LogP contribution in [-0.2, 0) is 0 Å². The van der Waals surface area contributed by atoms with Gasteiger partial charge in [0.05, 0.1) is 9.16 Å². The normalized spacial score (nSPS) is 30.5. The molecule has 2 atom stereocenters. The Kier molecular flexibility index (Phi) is 5.64. The first kappa shape index (κ1) is 13.0. The van der Waals surface area contributed by atoms with Crippen LogP contribution < -0.4 is 0 Å². The zero-order valence-corrected chi connectivity index (χ0v) is 13.0. The maximum absolute atomic E-state index is 4.30. The van der Waals surface area contributed by atoms with Crippen LogP contribution in [0.2, 0.25) is 0 Å². The van der Waals surface area contributed by atoms with Gasteiger partial charge < -0.3 is 0 Å². The highest BCUT2D eigenvalue weighted by atomic mass is 32.2. The van der Waals surface area contributed by atoms with Gasteiger partial charge in [-0.25, -0.2) is 0 Å². The van der Waals surface area contributed by atoms with E-state index in [1.807, 2.05) is 47.0 Å². The second kappa shape index (κ2) is 6.50. The highest BCUT2D eigenvalue weighted by molar-refractivity contribution is 8.24. The monoisotopic (exact) mass is 312 g/mol. The van der Waals surface area contributed by atoms with Gasteiger partial charge in [-0.2, -0.15) is 25.3 Å². The molecule has 0 spiro atoms. The fourth-order valence-corrected chi connectivity index (χ4v) is 7.71. The van der Waals surface area contributed by atoms with E-state index < -0.39 is 0 Å². The van der Waals surface area contributed by atoms with Crippen LogP contribution in [0.25, 0.3) is 0 Å². The van der Waals surface area contributed by atoms with Crippen LogP contribution in [-0.4, -0.2) is 20.7 Å². The Bertz CT molecular complexity index is 256. The first-order valence-corrected chi connectivity index (χ1v) is 9.47. The molecule has 2 aliphatic heterocycles. The van der Waals surface area contributed by atoms with E-state index in [1.54, 1.807) is 0 Å². The molecule has 0 saturated carbocycles. The molecule has 0 radical (unpaired) electrons. The number of thiol groups is 2. The Morgan fingerprint density at radius 2 is 1.40 bits per heavy atom. The summed E-state index contributed by atoms with van der Waals surface area (Å²) < 4.78 is 1.40. The van der Waals surface area contributed by atoms with Crippen molar-refractivity contribution in [1.82, 2.24) is 0 Å². The van der Waals surface area contributed by atoms with Crippen molar-refractivity contribution in [2.45, 2.75) is 15.6 Å². The van der Waals surface area contributed by atoms with E-state index in [9.17, 15) is 0 Å². The number of thioether (sulfide) groups is 4. The van der Waals surface area contributed by atoms with Crippen LogP contribution in [0.1, 0.15) is 6.42 Å². The zero-order valence-electron chi connectivity index (χ0n) is 7.96. The van der Waals surface area contributed by atoms with E-state index in [4.69, 9.17) is 0 Å². The molecule has 2 unspecified atom stereocenters. The van der Waals surface area contributed by atoms with E-state index in [0.717, 1.165) is 11.5 Å². The topological polar surface area (TPSA) is 0 Å². The lowest BCUT2D eigenvalue weighted by Gasteiger charge is -2.13. The van der Waals surface area contributed by atoms with Gasteiger partial charge in [-0.1, -0.05) is 0 Å². The van der Waals surface area contributed by atoms with E-state index in [2.05, 4.69) is 36.1 Å². The minimum absolute atomic E-state index is 0.699. The first-order chi connectivity index (χ1) is 7.31. The third kappa shape index (κ3) is 3.78. The summed E-state index contributed by atoms with van der Waals surface area (Å²) in [5.41, 5.74) is 0. The van der Waals surface area contributed by atoms with E-state index in [0.29, 0.717) is 9.16 Å². The highest BCUT2D eigenvalue weighted by Crippen LogP contribution is 2.49. The van der Waals surface area contributed by atoms with Crippen molar-refractivity contribution in [1.29, 1.82) is 0 Å². The van der Waals surface area contributed by atoms with Crippen molar-refractivity contribution in [2.75, 3.05) is 11.5 Å². The fourth-order valence-electron chi connectivity index (χ4n) is 1.27. The Labute approximate surface area is 119 Å². The summed E-state index contributed by atoms with van der Waals surface area (Å²) in [5.74, 6) is 1.78. The molecule has 2 aliphatic rings. The number of rotatable bonds is 4. The van der Waals surface area contributed by atoms with Gasteiger partial charge in [0.1, 0.15) is 0 Å². The molecular formula is C9H12S6. The van der Waals surface area contributed by atoms with E-state index in [-0.39, 0.29) is 0 Å². The summed E-state index contributed by atoms with van der Waals surface area (Å²) >= 11 is 16.5. The molecule has 6 heteroatoms. The lowest BCUT2D eigenvalue weighted by atomic mass is 10.5. The lowest BCUT2D eigenvalue weighted by Crippen LogP contribution is -2.02. The Morgan fingerprint density at radius 1 is 0.933 bits per heavy atom. The highest BCUT2D eigenvalue weighted by Gasteiger charge is 2.25. The Balaban J connectivity index is 1.72. The molecule has 0 nitrogen and oxygen atoms in total. The van der Waals surface area contributed by atoms with Gasteiger partial charge in [-0.15, -0.1) is 47.0 Å². The summed E-state index contributed by atoms with van der Waals surface area (Å²) in [4.78, 5) is 2.84. The minimum Gasteiger partial charge on any atom is -0.174 e. The Hall–Kier alpha value is 1.58. The summed E-state index contributed by atoms with van der Waals surface area (Å²) in [5, 5.41) is 4.53. The van der Waals surface area contributed by atoms with Crippen LogP contribution >= 0.6 is 72.3 Å². The maximum atomic E-state index is 4.30. The molecule has 2 heterocycles. The average molecular weight is 313 g/mol. The van der Waals surface area contributed by atoms with E-state index >= 15 is 0 Å². The summed E-state index contributed by atoms with van der Waals surface area (Å²) in [6.07, 6.45) is 1.26. The second-order valence-corrected chi connectivity index (χ2v) is 9.13. The molecule has 0 aliphatic carbocycles. The van der Waals surface area contributed by atoms with Crippen LogP contribution in [0.15, 0.2) is 20.6 Å². The van der Waals surface area contributed by atoms with Crippen molar-refractivity contribution in [3.8, 4) is 0 Å². The summed E-state index contributed by atoms with van der Waals surface area (Å²) in [7, 11) is 0. The van der Waals surface area contributed by atoms with Crippen molar-refractivity contribution in [3.63, 3.8) is 0 Å². The quantitative estimate of drug-likeness (QED) is 0.732. The van der Waals surface area contributed by atoms with Gasteiger partial charge >= 0.3 is 0 Å². The molecule has 0 amide bonds. The lowest BCUT2D eigenvalue weighted by molar-refractivity contribution is 1.04.